The van der Waals surface area contributed by atoms with Gasteiger partial charge in [-0.05, 0) is 30.4 Å². The second-order valence-electron chi connectivity index (χ2n) is 5.15. The topological polar surface area (TPSA) is 77.9 Å². The molecule has 0 bridgehead atoms. The van der Waals surface area contributed by atoms with E-state index in [0.717, 1.165) is 4.90 Å². The smallest absolute Gasteiger partial charge is 0.261 e. The number of hydrogen-bond donors (Lipinski definition) is 1. The first-order valence-electron chi connectivity index (χ1n) is 7.00. The Hall–Kier alpha value is -2.99. The molecular weight excluding hydrogens is 296 g/mol. The van der Waals surface area contributed by atoms with Crippen molar-refractivity contribution >= 4 is 23.4 Å². The van der Waals surface area contributed by atoms with Gasteiger partial charge in [-0.2, -0.15) is 0 Å². The summed E-state index contributed by atoms with van der Waals surface area (Å²) in [7, 11) is 1.37. The first-order valence-corrected chi connectivity index (χ1v) is 7.00. The third kappa shape index (κ3) is 2.49. The molecule has 0 aromatic heterocycles. The normalized spacial score (nSPS) is 22.9. The quantitative estimate of drug-likeness (QED) is 0.777. The predicted molar refractivity (Wildman–Crippen MR) is 83.0 cm³/mol. The highest BCUT2D eigenvalue weighted by molar-refractivity contribution is 6.22. The lowest BCUT2D eigenvalue weighted by molar-refractivity contribution is -0.135. The highest BCUT2D eigenvalue weighted by atomic mass is 16.3. The summed E-state index contributed by atoms with van der Waals surface area (Å²) in [4.78, 5) is 38.6. The summed E-state index contributed by atoms with van der Waals surface area (Å²) in [5.41, 5.74) is 0.816. The Labute approximate surface area is 132 Å². The number of amides is 3. The molecule has 0 spiro atoms. The van der Waals surface area contributed by atoms with Crippen LogP contribution in [0.1, 0.15) is 0 Å². The van der Waals surface area contributed by atoms with Crippen LogP contribution in [0, 0.1) is 0 Å². The Balaban J connectivity index is 2.05. The number of aliphatic hydroxyl groups excluding tert-OH is 1. The molecule has 23 heavy (non-hydrogen) atoms. The fourth-order valence-electron chi connectivity index (χ4n) is 2.51. The molecule has 1 N–H and O–H groups in total. The second kappa shape index (κ2) is 5.66. The van der Waals surface area contributed by atoms with Crippen LogP contribution in [0.4, 0.5) is 5.69 Å². The van der Waals surface area contributed by atoms with Crippen molar-refractivity contribution in [1.29, 1.82) is 0 Å². The van der Waals surface area contributed by atoms with Crippen molar-refractivity contribution in [3.63, 3.8) is 0 Å². The number of benzene rings is 1. The zero-order valence-corrected chi connectivity index (χ0v) is 12.3. The minimum absolute atomic E-state index is 0.143. The van der Waals surface area contributed by atoms with Gasteiger partial charge in [0.05, 0.1) is 11.1 Å². The molecule has 3 rings (SSSR count). The third-order valence-corrected chi connectivity index (χ3v) is 3.72. The number of anilines is 1. The van der Waals surface area contributed by atoms with Gasteiger partial charge in [0, 0.05) is 18.8 Å². The van der Waals surface area contributed by atoms with Gasteiger partial charge in [0.25, 0.3) is 17.7 Å². The number of likely N-dealkylation sites (N-methyl/N-ethyl adjacent to an activating group) is 1. The van der Waals surface area contributed by atoms with Crippen molar-refractivity contribution in [2.75, 3.05) is 11.9 Å². The summed E-state index contributed by atoms with van der Waals surface area (Å²) in [5.74, 6) is -1.42. The molecule has 116 valence electrons. The van der Waals surface area contributed by atoms with Crippen LogP contribution in [0.5, 0.6) is 0 Å². The molecule has 0 saturated carbocycles. The lowest BCUT2D eigenvalue weighted by Gasteiger charge is -2.24. The van der Waals surface area contributed by atoms with Crippen molar-refractivity contribution in [1.82, 2.24) is 4.90 Å². The van der Waals surface area contributed by atoms with Crippen LogP contribution in [0.15, 0.2) is 65.8 Å². The van der Waals surface area contributed by atoms with Crippen molar-refractivity contribution in [3.05, 3.63) is 65.8 Å². The van der Waals surface area contributed by atoms with Crippen LogP contribution in [-0.2, 0) is 14.4 Å². The molecule has 3 amide bonds. The maximum atomic E-state index is 12.4. The molecule has 1 aromatic rings. The Morgan fingerprint density at radius 3 is 2.17 bits per heavy atom. The molecule has 0 radical (unpaired) electrons. The molecule has 2 heterocycles. The number of rotatable bonds is 1. The van der Waals surface area contributed by atoms with Crippen LogP contribution < -0.4 is 4.90 Å². The maximum absolute atomic E-state index is 12.4. The van der Waals surface area contributed by atoms with E-state index in [1.54, 1.807) is 30.3 Å². The lowest BCUT2D eigenvalue weighted by Crippen LogP contribution is -2.38. The minimum Gasteiger partial charge on any atom is -0.369 e. The molecule has 1 atom stereocenters. The summed E-state index contributed by atoms with van der Waals surface area (Å²) in [6.45, 7) is 0. The fraction of sp³-hybridized carbons (Fsp3) is 0.118. The molecule has 1 unspecified atom stereocenters. The number of nitrogens with zero attached hydrogens (tertiary/aromatic N) is 2. The highest BCUT2D eigenvalue weighted by Gasteiger charge is 2.34. The summed E-state index contributed by atoms with van der Waals surface area (Å²) >= 11 is 0. The molecule has 0 aliphatic carbocycles. The SMILES string of the molecule is CN1C(=O)C2=C(/C=C/C(O)N(c3ccccc3)C(=O)C=C2)C1=O. The summed E-state index contributed by atoms with van der Waals surface area (Å²) in [5, 5.41) is 10.3. The number of carbonyl (C=O) groups is 3. The van der Waals surface area contributed by atoms with Crippen molar-refractivity contribution in [3.8, 4) is 0 Å². The summed E-state index contributed by atoms with van der Waals surface area (Å²) in [6.07, 6.45) is 3.94. The van der Waals surface area contributed by atoms with Gasteiger partial charge < -0.3 is 5.11 Å². The van der Waals surface area contributed by atoms with E-state index in [0.29, 0.717) is 5.69 Å². The van der Waals surface area contributed by atoms with Crippen LogP contribution in [0.25, 0.3) is 0 Å². The van der Waals surface area contributed by atoms with E-state index in [1.165, 1.54) is 36.3 Å². The molecule has 6 nitrogen and oxygen atoms in total. The van der Waals surface area contributed by atoms with Crippen LogP contribution >= 0.6 is 0 Å². The molecule has 1 aromatic carbocycles. The lowest BCUT2D eigenvalue weighted by atomic mass is 10.1. The van der Waals surface area contributed by atoms with Crippen molar-refractivity contribution in [2.45, 2.75) is 6.23 Å². The second-order valence-corrected chi connectivity index (χ2v) is 5.15. The van der Waals surface area contributed by atoms with Gasteiger partial charge in [-0.3, -0.25) is 24.2 Å². The number of aliphatic hydroxyl groups is 1. The molecule has 2 aliphatic rings. The van der Waals surface area contributed by atoms with E-state index in [9.17, 15) is 19.5 Å². The molecular formula is C17H14N2O4. The Kier molecular flexibility index (Phi) is 3.67. The average molecular weight is 310 g/mol. The van der Waals surface area contributed by atoms with Gasteiger partial charge in [-0.25, -0.2) is 0 Å². The fourth-order valence-corrected chi connectivity index (χ4v) is 2.51. The predicted octanol–water partition coefficient (Wildman–Crippen LogP) is 0.759. The van der Waals surface area contributed by atoms with Gasteiger partial charge in [-0.15, -0.1) is 0 Å². The molecule has 0 saturated heterocycles. The van der Waals surface area contributed by atoms with Crippen molar-refractivity contribution in [2.24, 2.45) is 0 Å². The molecule has 2 aliphatic heterocycles. The Morgan fingerprint density at radius 2 is 1.52 bits per heavy atom. The largest absolute Gasteiger partial charge is 0.369 e. The first kappa shape index (κ1) is 14.9. The average Bonchev–Trinajstić information content (AvgIpc) is 2.78. The molecule has 6 heteroatoms. The van der Waals surface area contributed by atoms with E-state index < -0.39 is 23.9 Å². The number of carbonyl (C=O) groups excluding carboxylic acids is 3. The zero-order chi connectivity index (χ0) is 16.6. The van der Waals surface area contributed by atoms with E-state index in [-0.39, 0.29) is 11.1 Å². The van der Waals surface area contributed by atoms with Gasteiger partial charge in [0.15, 0.2) is 6.23 Å². The number of imide groups is 1. The number of para-hydroxylation sites is 1. The van der Waals surface area contributed by atoms with Crippen molar-refractivity contribution < 1.29 is 19.5 Å². The van der Waals surface area contributed by atoms with Gasteiger partial charge in [-0.1, -0.05) is 18.2 Å². The Morgan fingerprint density at radius 1 is 0.913 bits per heavy atom. The van der Waals surface area contributed by atoms with Crippen LogP contribution in [0.3, 0.4) is 0 Å². The van der Waals surface area contributed by atoms with E-state index in [4.69, 9.17) is 0 Å². The first-order chi connectivity index (χ1) is 11.0. The number of hydrogen-bond acceptors (Lipinski definition) is 4. The van der Waals surface area contributed by atoms with E-state index in [1.807, 2.05) is 0 Å². The third-order valence-electron chi connectivity index (χ3n) is 3.72. The van der Waals surface area contributed by atoms with E-state index in [2.05, 4.69) is 0 Å². The summed E-state index contributed by atoms with van der Waals surface area (Å²) in [6, 6.07) is 8.66. The Bertz CT molecular complexity index is 777. The minimum atomic E-state index is -1.25. The monoisotopic (exact) mass is 310 g/mol. The standard InChI is InChI=1S/C17H14N2O4/c1-18-16(22)12-7-9-14(20)19(11-5-3-2-4-6-11)15(21)10-8-13(12)17(18)23/h2-10,14,20H,1H3/b9-7+,10-8?. The van der Waals surface area contributed by atoms with Crippen LogP contribution in [-0.4, -0.2) is 41.0 Å². The summed E-state index contributed by atoms with van der Waals surface area (Å²) < 4.78 is 0. The molecule has 0 fully saturated rings. The highest BCUT2D eigenvalue weighted by Crippen LogP contribution is 2.25. The van der Waals surface area contributed by atoms with Crippen LogP contribution in [0.2, 0.25) is 0 Å². The zero-order valence-electron chi connectivity index (χ0n) is 12.3. The van der Waals surface area contributed by atoms with Gasteiger partial charge in [0.2, 0.25) is 0 Å². The maximum Gasteiger partial charge on any atom is 0.261 e. The van der Waals surface area contributed by atoms with Gasteiger partial charge in [0.1, 0.15) is 0 Å². The van der Waals surface area contributed by atoms with Gasteiger partial charge >= 0.3 is 0 Å². The van der Waals surface area contributed by atoms with E-state index >= 15 is 0 Å².